The highest BCUT2D eigenvalue weighted by Gasteiger charge is 2.31. The third-order valence-corrected chi connectivity index (χ3v) is 10.4. The second-order valence-corrected chi connectivity index (χ2v) is 13.0. The van der Waals surface area contributed by atoms with Gasteiger partial charge in [0.25, 0.3) is 0 Å². The van der Waals surface area contributed by atoms with Crippen LogP contribution < -0.4 is 0 Å². The Hall–Kier alpha value is -5.08. The highest BCUT2D eigenvalue weighted by atomic mass is 16.4. The highest BCUT2D eigenvalue weighted by molar-refractivity contribution is 6.20. The van der Waals surface area contributed by atoms with E-state index < -0.39 is 0 Å². The minimum atomic E-state index is 0.353. The van der Waals surface area contributed by atoms with E-state index in [4.69, 9.17) is 8.83 Å². The molecule has 0 fully saturated rings. The van der Waals surface area contributed by atoms with Crippen LogP contribution in [0.3, 0.4) is 0 Å². The van der Waals surface area contributed by atoms with Crippen LogP contribution in [0.5, 0.6) is 0 Å². The first-order valence-electron chi connectivity index (χ1n) is 16.4. The van der Waals surface area contributed by atoms with Crippen molar-refractivity contribution < 1.29 is 8.83 Å². The molecule has 0 bridgehead atoms. The van der Waals surface area contributed by atoms with E-state index in [1.54, 1.807) is 0 Å². The van der Waals surface area contributed by atoms with Gasteiger partial charge >= 0.3 is 0 Å². The van der Waals surface area contributed by atoms with Crippen molar-refractivity contribution in [3.63, 3.8) is 0 Å². The normalized spacial score (nSPS) is 17.0. The minimum Gasteiger partial charge on any atom is -0.460 e. The maximum absolute atomic E-state index is 6.88. The Morgan fingerprint density at radius 2 is 1.38 bits per heavy atom. The van der Waals surface area contributed by atoms with Crippen molar-refractivity contribution in [2.75, 3.05) is 0 Å². The van der Waals surface area contributed by atoms with E-state index in [1.165, 1.54) is 76.8 Å². The van der Waals surface area contributed by atoms with Gasteiger partial charge in [-0.15, -0.1) is 0 Å². The zero-order valence-corrected chi connectivity index (χ0v) is 25.3. The molecule has 2 heterocycles. The van der Waals surface area contributed by atoms with E-state index in [0.29, 0.717) is 5.92 Å². The Bertz CT molecular complexity index is 2470. The molecule has 0 N–H and O–H groups in total. The quantitative estimate of drug-likeness (QED) is 0.203. The fourth-order valence-electron chi connectivity index (χ4n) is 8.42. The van der Waals surface area contributed by atoms with Gasteiger partial charge in [0.1, 0.15) is 22.7 Å². The molecule has 2 heteroatoms. The SMILES string of the molecule is CC1CC=Cc2c1c(-c1cc3c4c(oc3c3c5c(oc13)C=CCC5)CCC=C4)c1ccccc1c2-c1cccc2ccccc12. The first-order valence-corrected chi connectivity index (χ1v) is 16.4. The van der Waals surface area contributed by atoms with E-state index in [9.17, 15) is 0 Å². The topological polar surface area (TPSA) is 26.3 Å². The average molecular weight is 581 g/mol. The average Bonchev–Trinajstić information content (AvgIpc) is 3.66. The molecule has 2 aromatic heterocycles. The molecule has 0 saturated heterocycles. The van der Waals surface area contributed by atoms with Gasteiger partial charge in [0.15, 0.2) is 0 Å². The van der Waals surface area contributed by atoms with Crippen molar-refractivity contribution in [1.29, 1.82) is 0 Å². The number of benzene rings is 5. The second kappa shape index (κ2) is 9.46. The van der Waals surface area contributed by atoms with Crippen molar-refractivity contribution in [1.82, 2.24) is 0 Å². The smallest absolute Gasteiger partial charge is 0.146 e. The van der Waals surface area contributed by atoms with E-state index >= 15 is 0 Å². The van der Waals surface area contributed by atoms with Crippen molar-refractivity contribution in [2.24, 2.45) is 0 Å². The number of fused-ring (bicyclic) bond motifs is 10. The molecular weight excluding hydrogens is 548 g/mol. The fourth-order valence-corrected chi connectivity index (χ4v) is 8.42. The summed E-state index contributed by atoms with van der Waals surface area (Å²) < 4.78 is 13.6. The van der Waals surface area contributed by atoms with Crippen LogP contribution in [0.1, 0.15) is 65.9 Å². The van der Waals surface area contributed by atoms with Crippen LogP contribution in [-0.4, -0.2) is 0 Å². The number of hydrogen-bond acceptors (Lipinski definition) is 2. The summed E-state index contributed by atoms with van der Waals surface area (Å²) in [5.74, 6) is 2.43. The van der Waals surface area contributed by atoms with Crippen molar-refractivity contribution >= 4 is 61.7 Å². The van der Waals surface area contributed by atoms with Crippen LogP contribution in [0, 0.1) is 0 Å². The summed E-state index contributed by atoms with van der Waals surface area (Å²) in [6.45, 7) is 2.39. The summed E-state index contributed by atoms with van der Waals surface area (Å²) in [6.07, 6.45) is 18.7. The molecule has 3 aliphatic carbocycles. The minimum absolute atomic E-state index is 0.353. The zero-order valence-electron chi connectivity index (χ0n) is 25.3. The molecule has 216 valence electrons. The van der Waals surface area contributed by atoms with Gasteiger partial charge in [-0.3, -0.25) is 0 Å². The number of furan rings is 2. The van der Waals surface area contributed by atoms with Crippen LogP contribution in [0.4, 0.5) is 0 Å². The lowest BCUT2D eigenvalue weighted by atomic mass is 9.75. The second-order valence-electron chi connectivity index (χ2n) is 13.0. The van der Waals surface area contributed by atoms with Gasteiger partial charge < -0.3 is 8.83 Å². The number of hydrogen-bond donors (Lipinski definition) is 0. The van der Waals surface area contributed by atoms with Gasteiger partial charge in [0.2, 0.25) is 0 Å². The first kappa shape index (κ1) is 25.3. The lowest BCUT2D eigenvalue weighted by Crippen LogP contribution is -2.06. The molecule has 1 atom stereocenters. The maximum atomic E-state index is 6.88. The Labute approximate surface area is 262 Å². The lowest BCUT2D eigenvalue weighted by molar-refractivity contribution is 0.548. The van der Waals surface area contributed by atoms with Gasteiger partial charge in [-0.05, 0) is 93.1 Å². The van der Waals surface area contributed by atoms with E-state index in [-0.39, 0.29) is 0 Å². The molecule has 5 aromatic carbocycles. The van der Waals surface area contributed by atoms with Crippen LogP contribution in [0.25, 0.3) is 84.0 Å². The molecule has 10 rings (SSSR count). The highest BCUT2D eigenvalue weighted by Crippen LogP contribution is 2.52. The van der Waals surface area contributed by atoms with Gasteiger partial charge in [0.05, 0.1) is 5.39 Å². The zero-order chi connectivity index (χ0) is 29.6. The van der Waals surface area contributed by atoms with Gasteiger partial charge in [0, 0.05) is 28.5 Å². The summed E-state index contributed by atoms with van der Waals surface area (Å²) in [5, 5.41) is 7.48. The van der Waals surface area contributed by atoms with Crippen LogP contribution >= 0.6 is 0 Å². The van der Waals surface area contributed by atoms with E-state index in [1.807, 2.05) is 0 Å². The van der Waals surface area contributed by atoms with Gasteiger partial charge in [-0.25, -0.2) is 0 Å². The molecule has 7 aromatic rings. The summed E-state index contributed by atoms with van der Waals surface area (Å²) in [7, 11) is 0. The molecular formula is C43H32O2. The largest absolute Gasteiger partial charge is 0.460 e. The molecule has 0 spiro atoms. The summed E-state index contributed by atoms with van der Waals surface area (Å²) in [6, 6.07) is 26.9. The number of rotatable bonds is 2. The van der Waals surface area contributed by atoms with E-state index in [2.05, 4.69) is 116 Å². The molecule has 2 nitrogen and oxygen atoms in total. The Kier molecular flexibility index (Phi) is 5.31. The Morgan fingerprint density at radius 3 is 2.29 bits per heavy atom. The predicted octanol–water partition coefficient (Wildman–Crippen LogP) is 12.3. The molecule has 0 radical (unpaired) electrons. The Balaban J connectivity index is 1.40. The third-order valence-electron chi connectivity index (χ3n) is 10.4. The molecule has 0 aliphatic heterocycles. The fraction of sp³-hybridized carbons (Fsp3) is 0.163. The van der Waals surface area contributed by atoms with Crippen LogP contribution in [0.2, 0.25) is 0 Å². The summed E-state index contributed by atoms with van der Waals surface area (Å²) in [4.78, 5) is 0. The van der Waals surface area contributed by atoms with Crippen molar-refractivity contribution in [3.8, 4) is 22.3 Å². The molecule has 45 heavy (non-hydrogen) atoms. The summed E-state index contributed by atoms with van der Waals surface area (Å²) in [5.41, 5.74) is 12.3. The molecule has 0 saturated carbocycles. The Morgan fingerprint density at radius 1 is 0.622 bits per heavy atom. The molecule has 3 aliphatic rings. The van der Waals surface area contributed by atoms with Gasteiger partial charge in [-0.1, -0.05) is 104 Å². The summed E-state index contributed by atoms with van der Waals surface area (Å²) >= 11 is 0. The number of allylic oxidation sites excluding steroid dienone is 3. The van der Waals surface area contributed by atoms with Gasteiger partial charge in [-0.2, -0.15) is 0 Å². The van der Waals surface area contributed by atoms with Crippen LogP contribution in [0.15, 0.2) is 99.9 Å². The van der Waals surface area contributed by atoms with E-state index in [0.717, 1.165) is 54.8 Å². The maximum Gasteiger partial charge on any atom is 0.146 e. The standard InChI is InChI=1S/C43H32O2/c1-25-12-10-21-33-38(25)40(31-18-5-4-17-30(31)39(33)29-20-11-14-26-13-2-3-15-27(26)29)35-24-34-28-16-6-8-22-36(28)44-42(34)41-32-19-7-9-23-37(32)45-43(35)41/h2-6,9-11,13-18,20-21,23-25H,7-8,12,19,22H2,1H3. The van der Waals surface area contributed by atoms with Crippen molar-refractivity contribution in [3.05, 3.63) is 125 Å². The van der Waals surface area contributed by atoms with Crippen LogP contribution in [-0.2, 0) is 12.8 Å². The van der Waals surface area contributed by atoms with Crippen molar-refractivity contribution in [2.45, 2.75) is 44.9 Å². The first-order chi connectivity index (χ1) is 22.3. The molecule has 1 unspecified atom stereocenters. The third kappa shape index (κ3) is 3.51. The lowest BCUT2D eigenvalue weighted by Gasteiger charge is -2.28. The number of aryl methyl sites for hydroxylation is 2. The monoisotopic (exact) mass is 580 g/mol. The predicted molar refractivity (Wildman–Crippen MR) is 189 cm³/mol. The molecule has 0 amide bonds.